The smallest absolute Gasteiger partial charge is 0.0870 e. The van der Waals surface area contributed by atoms with E-state index in [0.717, 1.165) is 45.7 Å². The van der Waals surface area contributed by atoms with Gasteiger partial charge in [0.05, 0.1) is 4.99 Å². The number of nitrogens with two attached hydrogens (primary N) is 1. The molecule has 0 aromatic carbocycles. The zero-order chi connectivity index (χ0) is 12.8. The highest BCUT2D eigenvalue weighted by molar-refractivity contribution is 7.80. The van der Waals surface area contributed by atoms with Crippen molar-refractivity contribution >= 4 is 17.2 Å². The van der Waals surface area contributed by atoms with E-state index in [1.807, 2.05) is 18.5 Å². The highest BCUT2D eigenvalue weighted by atomic mass is 32.1. The van der Waals surface area contributed by atoms with Crippen molar-refractivity contribution in [2.45, 2.75) is 6.42 Å². The molecular formula is C13H20N4S. The Morgan fingerprint density at radius 1 is 1.28 bits per heavy atom. The van der Waals surface area contributed by atoms with Crippen LogP contribution in [0.2, 0.25) is 0 Å². The fourth-order valence-corrected chi connectivity index (χ4v) is 2.41. The Labute approximate surface area is 114 Å². The summed E-state index contributed by atoms with van der Waals surface area (Å²) in [5.41, 5.74) is 6.87. The average molecular weight is 264 g/mol. The van der Waals surface area contributed by atoms with Crippen molar-refractivity contribution in [3.63, 3.8) is 0 Å². The van der Waals surface area contributed by atoms with Gasteiger partial charge in [0, 0.05) is 51.7 Å². The third-order valence-corrected chi connectivity index (χ3v) is 3.41. The van der Waals surface area contributed by atoms with Gasteiger partial charge in [-0.25, -0.2) is 0 Å². The lowest BCUT2D eigenvalue weighted by atomic mass is 10.2. The second-order valence-electron chi connectivity index (χ2n) is 4.70. The number of nitrogens with zero attached hydrogens (tertiary/aromatic N) is 3. The topological polar surface area (TPSA) is 45.4 Å². The molecule has 1 aliphatic heterocycles. The van der Waals surface area contributed by atoms with Gasteiger partial charge < -0.3 is 10.6 Å². The maximum Gasteiger partial charge on any atom is 0.0870 e. The van der Waals surface area contributed by atoms with E-state index >= 15 is 0 Å². The first kappa shape index (κ1) is 13.4. The maximum absolute atomic E-state index is 5.56. The van der Waals surface area contributed by atoms with Gasteiger partial charge >= 0.3 is 0 Å². The molecule has 0 amide bonds. The molecule has 1 fully saturated rings. The van der Waals surface area contributed by atoms with Crippen molar-refractivity contribution in [3.8, 4) is 0 Å². The number of hydrogen-bond donors (Lipinski definition) is 1. The van der Waals surface area contributed by atoms with Crippen LogP contribution in [-0.4, -0.2) is 59.0 Å². The fraction of sp³-hybridized carbons (Fsp3) is 0.538. The largest absolute Gasteiger partial charge is 0.392 e. The Hall–Kier alpha value is -1.04. The molecule has 1 aromatic rings. The number of aromatic nitrogens is 1. The van der Waals surface area contributed by atoms with E-state index < -0.39 is 0 Å². The summed E-state index contributed by atoms with van der Waals surface area (Å²) in [4.78, 5) is 9.55. The quantitative estimate of drug-likeness (QED) is 0.786. The molecule has 0 aliphatic carbocycles. The molecule has 0 unspecified atom stereocenters. The van der Waals surface area contributed by atoms with Gasteiger partial charge in [-0.1, -0.05) is 18.3 Å². The molecule has 0 spiro atoms. The summed E-state index contributed by atoms with van der Waals surface area (Å²) in [6, 6.07) is 4.13. The zero-order valence-corrected chi connectivity index (χ0v) is 11.4. The number of hydrogen-bond acceptors (Lipinski definition) is 4. The van der Waals surface area contributed by atoms with Crippen LogP contribution < -0.4 is 5.73 Å². The van der Waals surface area contributed by atoms with E-state index in [0.29, 0.717) is 4.99 Å². The lowest BCUT2D eigenvalue weighted by molar-refractivity contribution is 0.147. The number of pyridine rings is 1. The second kappa shape index (κ2) is 6.78. The number of piperazine rings is 1. The maximum atomic E-state index is 5.56. The normalized spacial score (nSPS) is 17.8. The SMILES string of the molecule is NC(=S)CN1CCN(CCc2cccnc2)CC1. The molecule has 0 atom stereocenters. The number of rotatable bonds is 5. The summed E-state index contributed by atoms with van der Waals surface area (Å²) in [5.74, 6) is 0. The molecule has 5 heteroatoms. The van der Waals surface area contributed by atoms with Crippen LogP contribution in [0, 0.1) is 0 Å². The van der Waals surface area contributed by atoms with Gasteiger partial charge in [-0.3, -0.25) is 9.88 Å². The molecule has 1 aliphatic rings. The summed E-state index contributed by atoms with van der Waals surface area (Å²) in [6.07, 6.45) is 4.84. The van der Waals surface area contributed by atoms with E-state index in [9.17, 15) is 0 Å². The van der Waals surface area contributed by atoms with Crippen LogP contribution in [0.3, 0.4) is 0 Å². The van der Waals surface area contributed by atoms with Crippen LogP contribution in [-0.2, 0) is 6.42 Å². The van der Waals surface area contributed by atoms with Crippen molar-refractivity contribution in [1.29, 1.82) is 0 Å². The Morgan fingerprint density at radius 3 is 2.61 bits per heavy atom. The summed E-state index contributed by atoms with van der Waals surface area (Å²) < 4.78 is 0. The molecule has 98 valence electrons. The van der Waals surface area contributed by atoms with Crippen LogP contribution >= 0.6 is 12.2 Å². The van der Waals surface area contributed by atoms with Crippen molar-refractivity contribution in [3.05, 3.63) is 30.1 Å². The summed E-state index contributed by atoms with van der Waals surface area (Å²) in [6.45, 7) is 6.18. The molecule has 18 heavy (non-hydrogen) atoms. The van der Waals surface area contributed by atoms with Gasteiger partial charge in [0.15, 0.2) is 0 Å². The van der Waals surface area contributed by atoms with E-state index in [1.165, 1.54) is 5.56 Å². The van der Waals surface area contributed by atoms with Gasteiger partial charge in [0.25, 0.3) is 0 Å². The predicted octanol–water partition coefficient (Wildman–Crippen LogP) is 0.528. The second-order valence-corrected chi connectivity index (χ2v) is 5.22. The van der Waals surface area contributed by atoms with E-state index in [1.54, 1.807) is 0 Å². The van der Waals surface area contributed by atoms with E-state index in [2.05, 4.69) is 20.9 Å². The summed E-state index contributed by atoms with van der Waals surface area (Å²) in [5, 5.41) is 0. The van der Waals surface area contributed by atoms with Crippen LogP contribution in [0.25, 0.3) is 0 Å². The summed E-state index contributed by atoms with van der Waals surface area (Å²) >= 11 is 4.94. The molecule has 1 saturated heterocycles. The minimum atomic E-state index is 0.596. The molecular weight excluding hydrogens is 244 g/mol. The van der Waals surface area contributed by atoms with Crippen molar-refractivity contribution < 1.29 is 0 Å². The average Bonchev–Trinajstić information content (AvgIpc) is 2.38. The van der Waals surface area contributed by atoms with E-state index in [-0.39, 0.29) is 0 Å². The first-order valence-electron chi connectivity index (χ1n) is 6.36. The molecule has 2 N–H and O–H groups in total. The van der Waals surface area contributed by atoms with Crippen molar-refractivity contribution in [2.24, 2.45) is 5.73 Å². The van der Waals surface area contributed by atoms with Crippen LogP contribution in [0.5, 0.6) is 0 Å². The van der Waals surface area contributed by atoms with Crippen LogP contribution in [0.4, 0.5) is 0 Å². The highest BCUT2D eigenvalue weighted by Crippen LogP contribution is 2.04. The summed E-state index contributed by atoms with van der Waals surface area (Å²) in [7, 11) is 0. The first-order chi connectivity index (χ1) is 8.74. The lowest BCUT2D eigenvalue weighted by Gasteiger charge is -2.34. The molecule has 2 rings (SSSR count). The van der Waals surface area contributed by atoms with Gasteiger partial charge in [-0.2, -0.15) is 0 Å². The van der Waals surface area contributed by atoms with Crippen LogP contribution in [0.1, 0.15) is 5.56 Å². The van der Waals surface area contributed by atoms with Gasteiger partial charge in [0.1, 0.15) is 0 Å². The fourth-order valence-electron chi connectivity index (χ4n) is 2.22. The predicted molar refractivity (Wildman–Crippen MR) is 77.6 cm³/mol. The Bertz CT molecular complexity index is 374. The molecule has 0 saturated carbocycles. The Kier molecular flexibility index (Phi) is 5.04. The third-order valence-electron chi connectivity index (χ3n) is 3.28. The molecule has 0 radical (unpaired) electrons. The Morgan fingerprint density at radius 2 is 2.00 bits per heavy atom. The molecule has 2 heterocycles. The van der Waals surface area contributed by atoms with Crippen molar-refractivity contribution in [2.75, 3.05) is 39.3 Å². The number of thiocarbonyl (C=S) groups is 1. The van der Waals surface area contributed by atoms with Gasteiger partial charge in [0.2, 0.25) is 0 Å². The zero-order valence-electron chi connectivity index (χ0n) is 10.6. The van der Waals surface area contributed by atoms with Gasteiger partial charge in [-0.05, 0) is 18.1 Å². The molecule has 4 nitrogen and oxygen atoms in total. The minimum absolute atomic E-state index is 0.596. The van der Waals surface area contributed by atoms with Crippen LogP contribution in [0.15, 0.2) is 24.5 Å². The Balaban J connectivity index is 1.69. The van der Waals surface area contributed by atoms with Crippen molar-refractivity contribution in [1.82, 2.24) is 14.8 Å². The molecule has 0 bridgehead atoms. The first-order valence-corrected chi connectivity index (χ1v) is 6.77. The third kappa shape index (κ3) is 4.33. The van der Waals surface area contributed by atoms with E-state index in [4.69, 9.17) is 18.0 Å². The standard InChI is InChI=1S/C13H20N4S/c14-13(18)11-17-8-6-16(7-9-17)5-3-12-2-1-4-15-10-12/h1-2,4,10H,3,5-9,11H2,(H2,14,18). The monoisotopic (exact) mass is 264 g/mol. The molecule has 1 aromatic heterocycles. The van der Waals surface area contributed by atoms with Gasteiger partial charge in [-0.15, -0.1) is 0 Å². The lowest BCUT2D eigenvalue weighted by Crippen LogP contribution is -2.48. The minimum Gasteiger partial charge on any atom is -0.392 e. The highest BCUT2D eigenvalue weighted by Gasteiger charge is 2.16.